The quantitative estimate of drug-likeness (QED) is 0.0349. The van der Waals surface area contributed by atoms with Crippen molar-refractivity contribution < 1.29 is 68.1 Å². The molecule has 4 rings (SSSR count). The zero-order valence-electron chi connectivity index (χ0n) is 40.3. The molecule has 0 spiro atoms. The summed E-state index contributed by atoms with van der Waals surface area (Å²) in [5, 5.41) is 46.2. The first kappa shape index (κ1) is 58.0. The van der Waals surface area contributed by atoms with Gasteiger partial charge in [-0.1, -0.05) is 123 Å². The van der Waals surface area contributed by atoms with Gasteiger partial charge in [-0.05, 0) is 41.9 Å². The number of carbonyl (C=O) groups excluding carboxylic acids is 8. The van der Waals surface area contributed by atoms with E-state index in [0.29, 0.717) is 24.0 Å². The highest BCUT2D eigenvalue weighted by molar-refractivity contribution is 7.80. The van der Waals surface area contributed by atoms with E-state index < -0.39 is 139 Å². The average Bonchev–Trinajstić information content (AvgIpc) is 3.37. The van der Waals surface area contributed by atoms with Crippen LogP contribution in [0, 0.1) is 5.92 Å². The summed E-state index contributed by atoms with van der Waals surface area (Å²) in [5.41, 5.74) is 1.62. The van der Waals surface area contributed by atoms with Crippen LogP contribution in [0.15, 0.2) is 91.0 Å². The smallest absolute Gasteiger partial charge is 0.305 e. The topological polar surface area (TPSA) is 333 Å². The molecule has 7 amide bonds. The van der Waals surface area contributed by atoms with Gasteiger partial charge in [-0.3, -0.25) is 52.7 Å². The summed E-state index contributed by atoms with van der Waals surface area (Å²) in [6.07, 6.45) is 0.763. The van der Waals surface area contributed by atoms with Crippen molar-refractivity contribution in [3.8, 4) is 0 Å². The molecule has 0 radical (unpaired) electrons. The third kappa shape index (κ3) is 19.5. The molecule has 3 aromatic rings. The minimum Gasteiger partial charge on any atom is -0.481 e. The summed E-state index contributed by atoms with van der Waals surface area (Å²) in [6, 6.07) is 15.8. The van der Waals surface area contributed by atoms with Gasteiger partial charge in [0.05, 0.1) is 6.42 Å². The normalized spacial score (nSPS) is 14.8. The second-order valence-electron chi connectivity index (χ2n) is 17.7. The van der Waals surface area contributed by atoms with Crippen LogP contribution in [0.2, 0.25) is 0 Å². The molecule has 6 atom stereocenters. The third-order valence-electron chi connectivity index (χ3n) is 12.1. The summed E-state index contributed by atoms with van der Waals surface area (Å²) in [7, 11) is 0. The molecule has 0 aliphatic heterocycles. The number of hydrogen-bond acceptors (Lipinski definition) is 12. The molecule has 3 aromatic carbocycles. The summed E-state index contributed by atoms with van der Waals surface area (Å²) in [6.45, 7) is 1.06. The summed E-state index contributed by atoms with van der Waals surface area (Å²) in [4.78, 5) is 145. The first-order chi connectivity index (χ1) is 34.9. The van der Waals surface area contributed by atoms with Crippen molar-refractivity contribution in [3.63, 3.8) is 0 Å². The Morgan fingerprint density at radius 2 is 0.986 bits per heavy atom. The van der Waals surface area contributed by atoms with Crippen LogP contribution in [-0.4, -0.2) is 122 Å². The van der Waals surface area contributed by atoms with Gasteiger partial charge in [0.2, 0.25) is 41.2 Å². The summed E-state index contributed by atoms with van der Waals surface area (Å²) >= 11 is 4.22. The molecular formula is C51H63N7O14S. The number of aliphatic carboxylic acids is 3. The third-order valence-corrected chi connectivity index (χ3v) is 12.5. The van der Waals surface area contributed by atoms with Crippen molar-refractivity contribution in [3.05, 3.63) is 108 Å². The zero-order valence-corrected chi connectivity index (χ0v) is 41.1. The number of ketones is 1. The highest BCUT2D eigenvalue weighted by Crippen LogP contribution is 2.30. The summed E-state index contributed by atoms with van der Waals surface area (Å²) in [5.74, 6) is -13.6. The number of carboxylic acids is 3. The Morgan fingerprint density at radius 3 is 1.48 bits per heavy atom. The van der Waals surface area contributed by atoms with Crippen molar-refractivity contribution >= 4 is 77.7 Å². The number of carboxylic acid groups (broad SMARTS) is 3. The van der Waals surface area contributed by atoms with Crippen molar-refractivity contribution in [2.24, 2.45) is 5.92 Å². The van der Waals surface area contributed by atoms with Crippen LogP contribution < -0.4 is 37.2 Å². The highest BCUT2D eigenvalue weighted by atomic mass is 32.1. The van der Waals surface area contributed by atoms with Crippen LogP contribution in [0.4, 0.5) is 0 Å². The SMILES string of the molecule is CC(=O)N[C@@H](CC(=O)O)C(=O)N[C@@H](CCC(=O)O)C(=O)N[C@H](C(=O)N[C@@H](CCC(=O)O)C(=O)N[C@@H](CC1CCCCC1)C(=O)N[C@@H](CS)C(=O)C(=O)NCc1ccccc1)C(c1ccccc1)c1ccccc1. The van der Waals surface area contributed by atoms with E-state index in [2.05, 4.69) is 49.8 Å². The number of benzene rings is 3. The number of carbonyl (C=O) groups is 11. The van der Waals surface area contributed by atoms with E-state index in [9.17, 15) is 68.1 Å². The Bertz CT molecular complexity index is 2350. The van der Waals surface area contributed by atoms with Crippen molar-refractivity contribution in [2.75, 3.05) is 5.75 Å². The lowest BCUT2D eigenvalue weighted by Gasteiger charge is -2.32. The van der Waals surface area contributed by atoms with Crippen LogP contribution >= 0.6 is 12.6 Å². The fourth-order valence-corrected chi connectivity index (χ4v) is 8.70. The van der Waals surface area contributed by atoms with Crippen molar-refractivity contribution in [2.45, 2.75) is 126 Å². The maximum atomic E-state index is 15.0. The van der Waals surface area contributed by atoms with E-state index in [4.69, 9.17) is 0 Å². The minimum atomic E-state index is -1.75. The van der Waals surface area contributed by atoms with Gasteiger partial charge in [0, 0.05) is 38.0 Å². The van der Waals surface area contributed by atoms with Gasteiger partial charge in [0.1, 0.15) is 36.3 Å². The first-order valence-electron chi connectivity index (χ1n) is 23.9. The molecule has 0 unspecified atom stereocenters. The van der Waals surface area contributed by atoms with E-state index in [0.717, 1.165) is 31.7 Å². The molecule has 21 nitrogen and oxygen atoms in total. The Kier molecular flexibility index (Phi) is 23.5. The monoisotopic (exact) mass is 1030 g/mol. The lowest BCUT2D eigenvalue weighted by molar-refractivity contribution is -0.141. The molecule has 0 bridgehead atoms. The van der Waals surface area contributed by atoms with Gasteiger partial charge in [0.25, 0.3) is 5.91 Å². The van der Waals surface area contributed by atoms with Crippen molar-refractivity contribution in [1.82, 2.24) is 37.2 Å². The number of hydrogen-bond donors (Lipinski definition) is 11. The maximum absolute atomic E-state index is 15.0. The molecule has 0 saturated heterocycles. The molecule has 10 N–H and O–H groups in total. The number of rotatable bonds is 29. The van der Waals surface area contributed by atoms with Gasteiger partial charge < -0.3 is 52.5 Å². The number of nitrogens with one attached hydrogen (secondary N) is 7. The van der Waals surface area contributed by atoms with E-state index in [1.54, 1.807) is 91.0 Å². The lowest BCUT2D eigenvalue weighted by atomic mass is 9.84. The molecule has 392 valence electrons. The second kappa shape index (κ2) is 29.7. The molecule has 73 heavy (non-hydrogen) atoms. The number of thiol groups is 1. The Morgan fingerprint density at radius 1 is 0.534 bits per heavy atom. The standard InChI is InChI=1S/C51H63N7O14S/c1-30(59)53-38(27-42(64)65)49(70)54-36(23-25-41(62)63)47(68)58-44(43(33-18-10-4-11-19-33)34-20-12-5-13-21-34)50(71)55-35(22-24-40(60)61)46(67)56-37(26-31-14-6-2-7-15-31)48(69)57-39(29-73)45(66)51(72)52-28-32-16-8-3-9-17-32/h3-5,8-13,16-21,31,35-39,43-44,73H,2,6-7,14-15,22-29H2,1H3,(H,52,72)(H,53,59)(H,54,70)(H,55,71)(H,56,67)(H,57,69)(H,58,68)(H,60,61)(H,62,63)(H,64,65)/t35-,36-,37-,38-,39-,44-/m0/s1. The van der Waals surface area contributed by atoms with E-state index >= 15 is 0 Å². The van der Waals surface area contributed by atoms with Crippen LogP contribution in [-0.2, 0) is 59.3 Å². The molecule has 1 aliphatic rings. The van der Waals surface area contributed by atoms with E-state index in [1.165, 1.54) is 0 Å². The molecule has 0 heterocycles. The van der Waals surface area contributed by atoms with Crippen LogP contribution in [0.25, 0.3) is 0 Å². The molecule has 1 fully saturated rings. The predicted octanol–water partition coefficient (Wildman–Crippen LogP) is 1.74. The molecule has 1 saturated carbocycles. The fraction of sp³-hybridized carbons (Fsp3) is 0.431. The molecule has 0 aromatic heterocycles. The highest BCUT2D eigenvalue weighted by Gasteiger charge is 2.39. The van der Waals surface area contributed by atoms with Gasteiger partial charge in [-0.2, -0.15) is 12.6 Å². The lowest BCUT2D eigenvalue weighted by Crippen LogP contribution is -2.61. The minimum absolute atomic E-state index is 0.0290. The average molecular weight is 1030 g/mol. The Labute approximate surface area is 427 Å². The number of Topliss-reactive ketones (excluding diaryl/α,β-unsaturated/α-hetero) is 1. The molecule has 1 aliphatic carbocycles. The van der Waals surface area contributed by atoms with E-state index in [1.807, 2.05) is 0 Å². The van der Waals surface area contributed by atoms with E-state index in [-0.39, 0.29) is 24.6 Å². The molecular weight excluding hydrogens is 967 g/mol. The predicted molar refractivity (Wildman–Crippen MR) is 266 cm³/mol. The molecule has 22 heteroatoms. The fourth-order valence-electron chi connectivity index (χ4n) is 8.44. The summed E-state index contributed by atoms with van der Waals surface area (Å²) < 4.78 is 0. The van der Waals surface area contributed by atoms with Crippen molar-refractivity contribution in [1.29, 1.82) is 0 Å². The maximum Gasteiger partial charge on any atom is 0.305 e. The van der Waals surface area contributed by atoms with Crippen LogP contribution in [0.5, 0.6) is 0 Å². The van der Waals surface area contributed by atoms with Gasteiger partial charge >= 0.3 is 17.9 Å². The number of amides is 7. The van der Waals surface area contributed by atoms with Crippen LogP contribution in [0.3, 0.4) is 0 Å². The zero-order chi connectivity index (χ0) is 53.5. The Balaban J connectivity index is 1.71. The van der Waals surface area contributed by atoms with Crippen LogP contribution in [0.1, 0.15) is 100 Å². The largest absolute Gasteiger partial charge is 0.481 e. The Hall–Kier alpha value is -7.62. The van der Waals surface area contributed by atoms with Gasteiger partial charge in [0.15, 0.2) is 0 Å². The van der Waals surface area contributed by atoms with Gasteiger partial charge in [-0.25, -0.2) is 0 Å². The van der Waals surface area contributed by atoms with Gasteiger partial charge in [-0.15, -0.1) is 0 Å². The second-order valence-corrected chi connectivity index (χ2v) is 18.1. The first-order valence-corrected chi connectivity index (χ1v) is 24.5.